The highest BCUT2D eigenvalue weighted by molar-refractivity contribution is 6.33. The molecular weight excluding hydrogens is 347 g/mol. The van der Waals surface area contributed by atoms with Crippen molar-refractivity contribution in [3.8, 4) is 5.75 Å². The number of aromatic nitrogens is 1. The van der Waals surface area contributed by atoms with Crippen LogP contribution in [0.15, 0.2) is 30.5 Å². The number of nitrogens with two attached hydrogens (primary N) is 1. The number of benzene rings is 1. The minimum absolute atomic E-state index is 0.230. The Labute approximate surface area is 149 Å². The number of hydrogen-bond acceptors (Lipinski definition) is 5. The van der Waals surface area contributed by atoms with Crippen LogP contribution in [0.3, 0.4) is 0 Å². The van der Waals surface area contributed by atoms with Crippen LogP contribution in [-0.4, -0.2) is 44.2 Å². The Balaban J connectivity index is 1.69. The van der Waals surface area contributed by atoms with Gasteiger partial charge in [0.05, 0.1) is 17.7 Å². The minimum Gasteiger partial charge on any atom is -0.494 e. The predicted octanol–water partition coefficient (Wildman–Crippen LogP) is 2.31. The van der Waals surface area contributed by atoms with Gasteiger partial charge in [-0.1, -0.05) is 11.6 Å². The van der Waals surface area contributed by atoms with E-state index in [4.69, 9.17) is 22.1 Å². The van der Waals surface area contributed by atoms with Crippen LogP contribution in [0.5, 0.6) is 5.75 Å². The summed E-state index contributed by atoms with van der Waals surface area (Å²) in [6.07, 6.45) is 1.43. The number of primary amides is 1. The number of amides is 1. The van der Waals surface area contributed by atoms with Crippen LogP contribution in [0.4, 0.5) is 15.9 Å². The number of halogens is 2. The van der Waals surface area contributed by atoms with Gasteiger partial charge in [0.15, 0.2) is 11.6 Å². The number of anilines is 2. The van der Waals surface area contributed by atoms with E-state index in [1.807, 2.05) is 11.0 Å². The third-order valence-electron chi connectivity index (χ3n) is 4.19. The molecule has 132 valence electrons. The van der Waals surface area contributed by atoms with Gasteiger partial charge >= 0.3 is 0 Å². The minimum atomic E-state index is -0.563. The molecule has 3 rings (SSSR count). The Hall–Kier alpha value is -2.54. The number of carbonyl (C=O) groups is 1. The van der Waals surface area contributed by atoms with Crippen molar-refractivity contribution >= 4 is 29.0 Å². The van der Waals surface area contributed by atoms with Gasteiger partial charge in [0.2, 0.25) is 5.91 Å². The van der Waals surface area contributed by atoms with E-state index in [1.165, 1.54) is 25.4 Å². The number of nitrogens with zero attached hydrogens (tertiary/aromatic N) is 3. The Morgan fingerprint density at radius 2 is 1.92 bits per heavy atom. The fraction of sp³-hybridized carbons (Fsp3) is 0.294. The normalized spacial score (nSPS) is 14.5. The van der Waals surface area contributed by atoms with E-state index in [-0.39, 0.29) is 17.1 Å². The van der Waals surface area contributed by atoms with Crippen molar-refractivity contribution < 1.29 is 13.9 Å². The molecule has 1 aromatic heterocycles. The zero-order valence-corrected chi connectivity index (χ0v) is 14.5. The average Bonchev–Trinajstić information content (AvgIpc) is 2.61. The summed E-state index contributed by atoms with van der Waals surface area (Å²) in [7, 11) is 1.44. The maximum absolute atomic E-state index is 13.9. The van der Waals surface area contributed by atoms with Crippen LogP contribution in [-0.2, 0) is 0 Å². The highest BCUT2D eigenvalue weighted by atomic mass is 35.5. The lowest BCUT2D eigenvalue weighted by Gasteiger charge is -2.37. The zero-order valence-electron chi connectivity index (χ0n) is 13.7. The molecule has 1 fully saturated rings. The molecule has 0 radical (unpaired) electrons. The fourth-order valence-electron chi connectivity index (χ4n) is 2.83. The summed E-state index contributed by atoms with van der Waals surface area (Å²) in [5.74, 6) is -0.0957. The highest BCUT2D eigenvalue weighted by Gasteiger charge is 2.21. The first-order valence-corrected chi connectivity index (χ1v) is 8.16. The van der Waals surface area contributed by atoms with Crippen molar-refractivity contribution in [2.24, 2.45) is 5.73 Å². The van der Waals surface area contributed by atoms with Crippen LogP contribution in [0.25, 0.3) is 0 Å². The maximum atomic E-state index is 13.9. The summed E-state index contributed by atoms with van der Waals surface area (Å²) in [5, 5.41) is 0.389. The number of methoxy groups -OCH3 is 1. The summed E-state index contributed by atoms with van der Waals surface area (Å²) >= 11 is 6.23. The van der Waals surface area contributed by atoms with E-state index < -0.39 is 5.91 Å². The second-order valence-electron chi connectivity index (χ2n) is 5.69. The Morgan fingerprint density at radius 3 is 2.48 bits per heavy atom. The smallest absolute Gasteiger partial charge is 0.250 e. The molecule has 0 spiro atoms. The lowest BCUT2D eigenvalue weighted by Crippen LogP contribution is -2.47. The monoisotopic (exact) mass is 364 g/mol. The van der Waals surface area contributed by atoms with E-state index >= 15 is 0 Å². The number of rotatable bonds is 4. The number of piperazine rings is 1. The van der Waals surface area contributed by atoms with Gasteiger partial charge in [-0.2, -0.15) is 0 Å². The van der Waals surface area contributed by atoms with Crippen molar-refractivity contribution in [3.05, 3.63) is 46.9 Å². The third-order valence-corrected chi connectivity index (χ3v) is 4.46. The number of carbonyl (C=O) groups excluding carboxylic acids is 1. The molecule has 0 saturated carbocycles. The lowest BCUT2D eigenvalue weighted by atomic mass is 10.2. The van der Waals surface area contributed by atoms with Crippen molar-refractivity contribution in [2.75, 3.05) is 43.1 Å². The molecule has 25 heavy (non-hydrogen) atoms. The van der Waals surface area contributed by atoms with Gasteiger partial charge in [0.1, 0.15) is 5.82 Å². The third kappa shape index (κ3) is 3.61. The fourth-order valence-corrected chi connectivity index (χ4v) is 3.11. The van der Waals surface area contributed by atoms with Gasteiger partial charge in [-0.15, -0.1) is 0 Å². The van der Waals surface area contributed by atoms with Crippen LogP contribution in [0.2, 0.25) is 5.02 Å². The summed E-state index contributed by atoms with van der Waals surface area (Å²) in [6.45, 7) is 2.75. The van der Waals surface area contributed by atoms with Crippen molar-refractivity contribution in [1.82, 2.24) is 4.98 Å². The maximum Gasteiger partial charge on any atom is 0.250 e. The topological polar surface area (TPSA) is 71.7 Å². The first kappa shape index (κ1) is 17.3. The molecule has 6 nitrogen and oxygen atoms in total. The van der Waals surface area contributed by atoms with Crippen LogP contribution >= 0.6 is 11.6 Å². The van der Waals surface area contributed by atoms with Gasteiger partial charge in [-0.3, -0.25) is 4.79 Å². The van der Waals surface area contributed by atoms with Crippen molar-refractivity contribution in [1.29, 1.82) is 0 Å². The van der Waals surface area contributed by atoms with Crippen LogP contribution in [0.1, 0.15) is 10.4 Å². The van der Waals surface area contributed by atoms with E-state index in [2.05, 4.69) is 9.88 Å². The molecule has 2 heterocycles. The lowest BCUT2D eigenvalue weighted by molar-refractivity contribution is 0.1000. The van der Waals surface area contributed by atoms with Gasteiger partial charge < -0.3 is 20.3 Å². The predicted molar refractivity (Wildman–Crippen MR) is 95.1 cm³/mol. The largest absolute Gasteiger partial charge is 0.494 e. The second kappa shape index (κ2) is 7.14. The van der Waals surface area contributed by atoms with E-state index in [0.29, 0.717) is 37.0 Å². The summed E-state index contributed by atoms with van der Waals surface area (Å²) in [5.41, 5.74) is 6.31. The van der Waals surface area contributed by atoms with Gasteiger partial charge in [0.25, 0.3) is 0 Å². The Morgan fingerprint density at radius 1 is 1.24 bits per heavy atom. The Kier molecular flexibility index (Phi) is 4.94. The molecule has 1 saturated heterocycles. The highest BCUT2D eigenvalue weighted by Crippen LogP contribution is 2.28. The second-order valence-corrected chi connectivity index (χ2v) is 6.09. The van der Waals surface area contributed by atoms with E-state index in [0.717, 1.165) is 5.69 Å². The number of ether oxygens (including phenoxy) is 1. The van der Waals surface area contributed by atoms with Gasteiger partial charge in [-0.05, 0) is 18.2 Å². The molecule has 1 amide bonds. The van der Waals surface area contributed by atoms with Gasteiger partial charge in [0, 0.05) is 44.1 Å². The van der Waals surface area contributed by atoms with E-state index in [1.54, 1.807) is 6.07 Å². The van der Waals surface area contributed by atoms with Crippen LogP contribution < -0.4 is 20.3 Å². The molecule has 8 heteroatoms. The van der Waals surface area contributed by atoms with E-state index in [9.17, 15) is 9.18 Å². The molecule has 0 unspecified atom stereocenters. The summed E-state index contributed by atoms with van der Waals surface area (Å²) in [6, 6.07) is 6.46. The summed E-state index contributed by atoms with van der Waals surface area (Å²) < 4.78 is 18.8. The molecule has 1 aromatic carbocycles. The molecule has 0 atom stereocenters. The SMILES string of the molecule is COc1ccc(N2CCN(c3ncc(C(N)=O)cc3Cl)CC2)cc1F. The average molecular weight is 365 g/mol. The van der Waals surface area contributed by atoms with Crippen LogP contribution in [0, 0.1) is 5.82 Å². The molecule has 1 aliphatic heterocycles. The zero-order chi connectivity index (χ0) is 18.0. The van der Waals surface area contributed by atoms with Crippen molar-refractivity contribution in [2.45, 2.75) is 0 Å². The molecule has 0 aliphatic carbocycles. The molecule has 2 N–H and O–H groups in total. The molecule has 0 bridgehead atoms. The number of hydrogen-bond donors (Lipinski definition) is 1. The number of pyridine rings is 1. The first-order valence-electron chi connectivity index (χ1n) is 7.78. The quantitative estimate of drug-likeness (QED) is 0.901. The first-order chi connectivity index (χ1) is 12.0. The molecule has 2 aromatic rings. The van der Waals surface area contributed by atoms with Gasteiger partial charge in [-0.25, -0.2) is 9.37 Å². The molecular formula is C17H18ClFN4O2. The Bertz CT molecular complexity index is 794. The molecule has 1 aliphatic rings. The summed E-state index contributed by atoms with van der Waals surface area (Å²) in [4.78, 5) is 19.6. The van der Waals surface area contributed by atoms with Crippen molar-refractivity contribution in [3.63, 3.8) is 0 Å². The standard InChI is InChI=1S/C17H18ClFN4O2/c1-25-15-3-2-12(9-14(15)19)22-4-6-23(7-5-22)17-13(18)8-11(10-21-17)16(20)24/h2-3,8-10H,4-7H2,1H3,(H2,20,24).